The van der Waals surface area contributed by atoms with E-state index in [-0.39, 0.29) is 17.3 Å². The van der Waals surface area contributed by atoms with E-state index in [0.717, 1.165) is 0 Å². The summed E-state index contributed by atoms with van der Waals surface area (Å²) in [5.74, 6) is 0.146. The molecule has 0 saturated heterocycles. The van der Waals surface area contributed by atoms with Crippen LogP contribution in [0.1, 0.15) is 0 Å². The zero-order chi connectivity index (χ0) is 15.0. The molecule has 3 aromatic rings. The predicted octanol–water partition coefficient (Wildman–Crippen LogP) is 3.93. The average Bonchev–Trinajstić information content (AvgIpc) is 2.79. The van der Waals surface area contributed by atoms with E-state index in [0.29, 0.717) is 20.5 Å². The highest BCUT2D eigenvalue weighted by atomic mass is 79.9. The van der Waals surface area contributed by atoms with Gasteiger partial charge in [0.1, 0.15) is 5.56 Å². The second-order valence-corrected chi connectivity index (χ2v) is 5.79. The molecule has 2 heterocycles. The summed E-state index contributed by atoms with van der Waals surface area (Å²) in [6, 6.07) is 10.5. The Morgan fingerprint density at radius 3 is 2.48 bits per heavy atom. The first-order valence-corrected chi connectivity index (χ1v) is 7.49. The van der Waals surface area contributed by atoms with Gasteiger partial charge < -0.3 is 14.5 Å². The third kappa shape index (κ3) is 2.66. The van der Waals surface area contributed by atoms with Gasteiger partial charge in [0.15, 0.2) is 16.3 Å². The Morgan fingerprint density at radius 2 is 1.90 bits per heavy atom. The van der Waals surface area contributed by atoms with Crippen LogP contribution in [0, 0.1) is 0 Å². The second kappa shape index (κ2) is 5.50. The number of aromatic nitrogens is 2. The second-order valence-electron chi connectivity index (χ2n) is 4.21. The summed E-state index contributed by atoms with van der Waals surface area (Å²) < 4.78 is 6.55. The molecule has 0 radical (unpaired) electrons. The number of halogens is 2. The minimum absolute atomic E-state index is 0.129. The molecule has 0 fully saturated rings. The van der Waals surface area contributed by atoms with Crippen molar-refractivity contribution in [1.82, 2.24) is 9.97 Å². The lowest BCUT2D eigenvalue weighted by atomic mass is 10.1. The van der Waals surface area contributed by atoms with E-state index in [1.54, 1.807) is 30.3 Å². The third-order valence-electron chi connectivity index (χ3n) is 2.84. The van der Waals surface area contributed by atoms with Crippen LogP contribution in [0.2, 0.25) is 0 Å². The molecule has 0 saturated carbocycles. The molecule has 0 unspecified atom stereocenters. The maximum atomic E-state index is 12.2. The molecule has 2 N–H and O–H groups in total. The average molecular weight is 412 g/mol. The van der Waals surface area contributed by atoms with Crippen molar-refractivity contribution in [1.29, 1.82) is 0 Å². The summed E-state index contributed by atoms with van der Waals surface area (Å²) in [7, 11) is 0. The SMILES string of the molecule is O=c1[nH]c(-c2cc(Br)c(Br)o2)nc(O)c1-c1ccccc1. The summed E-state index contributed by atoms with van der Waals surface area (Å²) in [5.41, 5.74) is 0.286. The van der Waals surface area contributed by atoms with Crippen molar-refractivity contribution in [2.75, 3.05) is 0 Å². The van der Waals surface area contributed by atoms with Crippen LogP contribution in [0.4, 0.5) is 0 Å². The maximum absolute atomic E-state index is 12.2. The number of aromatic amines is 1. The van der Waals surface area contributed by atoms with Gasteiger partial charge in [0.2, 0.25) is 5.88 Å². The molecule has 1 aromatic carbocycles. The van der Waals surface area contributed by atoms with E-state index >= 15 is 0 Å². The van der Waals surface area contributed by atoms with Crippen LogP contribution >= 0.6 is 31.9 Å². The van der Waals surface area contributed by atoms with Crippen molar-refractivity contribution in [2.24, 2.45) is 0 Å². The first-order valence-electron chi connectivity index (χ1n) is 5.90. The molecule has 0 amide bonds. The predicted molar refractivity (Wildman–Crippen MR) is 85.1 cm³/mol. The van der Waals surface area contributed by atoms with E-state index < -0.39 is 5.56 Å². The van der Waals surface area contributed by atoms with Crippen LogP contribution in [0.3, 0.4) is 0 Å². The number of rotatable bonds is 2. The Bertz CT molecular complexity index is 837. The summed E-state index contributed by atoms with van der Waals surface area (Å²) in [6.07, 6.45) is 0. The lowest BCUT2D eigenvalue weighted by Crippen LogP contribution is -2.11. The van der Waals surface area contributed by atoms with Crippen LogP contribution in [0.25, 0.3) is 22.7 Å². The lowest BCUT2D eigenvalue weighted by Gasteiger charge is -2.04. The standard InChI is InChI=1S/C14H8Br2N2O3/c15-8-6-9(21-11(8)16)12-17-13(19)10(14(20)18-12)7-4-2-1-3-5-7/h1-6H,(H2,17,18,19,20). The highest BCUT2D eigenvalue weighted by Crippen LogP contribution is 2.32. The van der Waals surface area contributed by atoms with E-state index in [9.17, 15) is 9.90 Å². The molecule has 0 aliphatic heterocycles. The van der Waals surface area contributed by atoms with Gasteiger partial charge in [-0.1, -0.05) is 30.3 Å². The Morgan fingerprint density at radius 1 is 1.19 bits per heavy atom. The molecule has 0 bridgehead atoms. The van der Waals surface area contributed by atoms with Gasteiger partial charge in [-0.15, -0.1) is 0 Å². The van der Waals surface area contributed by atoms with Crippen LogP contribution in [0.5, 0.6) is 5.88 Å². The number of H-pyrrole nitrogens is 1. The van der Waals surface area contributed by atoms with Gasteiger partial charge in [-0.05, 0) is 37.4 Å². The fourth-order valence-corrected chi connectivity index (χ4v) is 2.48. The molecule has 0 spiro atoms. The van der Waals surface area contributed by atoms with Gasteiger partial charge in [0.25, 0.3) is 5.56 Å². The lowest BCUT2D eigenvalue weighted by molar-refractivity contribution is 0.452. The molecule has 7 heteroatoms. The molecule has 5 nitrogen and oxygen atoms in total. The smallest absolute Gasteiger partial charge is 0.263 e. The summed E-state index contributed by atoms with van der Waals surface area (Å²) >= 11 is 6.48. The highest BCUT2D eigenvalue weighted by molar-refractivity contribution is 9.13. The van der Waals surface area contributed by atoms with Crippen LogP contribution in [-0.2, 0) is 0 Å². The molecule has 106 valence electrons. The van der Waals surface area contributed by atoms with Crippen molar-refractivity contribution < 1.29 is 9.52 Å². The van der Waals surface area contributed by atoms with Crippen molar-refractivity contribution in [3.05, 3.63) is 55.9 Å². The first-order chi connectivity index (χ1) is 10.1. The zero-order valence-corrected chi connectivity index (χ0v) is 13.6. The summed E-state index contributed by atoms with van der Waals surface area (Å²) in [6.45, 7) is 0. The fourth-order valence-electron chi connectivity index (χ4n) is 1.91. The number of benzene rings is 1. The molecule has 0 atom stereocenters. The van der Waals surface area contributed by atoms with Gasteiger partial charge in [-0.2, -0.15) is 4.98 Å². The number of nitrogens with one attached hydrogen (secondary N) is 1. The number of aromatic hydroxyl groups is 1. The Labute approximate surface area is 135 Å². The van der Waals surface area contributed by atoms with Crippen molar-refractivity contribution >= 4 is 31.9 Å². The maximum Gasteiger partial charge on any atom is 0.263 e. The van der Waals surface area contributed by atoms with E-state index in [4.69, 9.17) is 4.42 Å². The van der Waals surface area contributed by atoms with E-state index in [2.05, 4.69) is 41.8 Å². The molecule has 3 rings (SSSR count). The van der Waals surface area contributed by atoms with E-state index in [1.807, 2.05) is 6.07 Å². The number of hydrogen-bond acceptors (Lipinski definition) is 4. The molecule has 0 aliphatic carbocycles. The van der Waals surface area contributed by atoms with Crippen molar-refractivity contribution in [3.63, 3.8) is 0 Å². The van der Waals surface area contributed by atoms with Crippen LogP contribution in [-0.4, -0.2) is 15.1 Å². The number of furan rings is 1. The number of nitrogens with zero attached hydrogens (tertiary/aromatic N) is 1. The largest absolute Gasteiger partial charge is 0.493 e. The van der Waals surface area contributed by atoms with Gasteiger partial charge in [-0.25, -0.2) is 0 Å². The topological polar surface area (TPSA) is 79.1 Å². The van der Waals surface area contributed by atoms with Crippen LogP contribution in [0.15, 0.2) is 54.8 Å². The molecule has 0 aliphatic rings. The van der Waals surface area contributed by atoms with Crippen LogP contribution < -0.4 is 5.56 Å². The first kappa shape index (κ1) is 14.1. The van der Waals surface area contributed by atoms with Crippen molar-refractivity contribution in [2.45, 2.75) is 0 Å². The Hall–Kier alpha value is -1.86. The molecule has 2 aromatic heterocycles. The van der Waals surface area contributed by atoms with Gasteiger partial charge in [0, 0.05) is 6.07 Å². The monoisotopic (exact) mass is 410 g/mol. The van der Waals surface area contributed by atoms with Gasteiger partial charge in [-0.3, -0.25) is 4.79 Å². The zero-order valence-electron chi connectivity index (χ0n) is 10.4. The van der Waals surface area contributed by atoms with Gasteiger partial charge >= 0.3 is 0 Å². The Kier molecular flexibility index (Phi) is 3.69. The molecular weight excluding hydrogens is 404 g/mol. The van der Waals surface area contributed by atoms with E-state index in [1.165, 1.54) is 0 Å². The highest BCUT2D eigenvalue weighted by Gasteiger charge is 2.16. The normalized spacial score (nSPS) is 10.8. The van der Waals surface area contributed by atoms with Crippen molar-refractivity contribution in [3.8, 4) is 28.6 Å². The summed E-state index contributed by atoms with van der Waals surface area (Å²) in [4.78, 5) is 18.8. The minimum atomic E-state index is -0.438. The number of hydrogen-bond donors (Lipinski definition) is 2. The fraction of sp³-hybridized carbons (Fsp3) is 0. The summed E-state index contributed by atoms with van der Waals surface area (Å²) in [5, 5.41) is 10.1. The third-order valence-corrected chi connectivity index (χ3v) is 4.55. The van der Waals surface area contributed by atoms with Gasteiger partial charge in [0.05, 0.1) is 4.47 Å². The molecular formula is C14H8Br2N2O3. The molecule has 21 heavy (non-hydrogen) atoms. The Balaban J connectivity index is 2.15. The minimum Gasteiger partial charge on any atom is -0.493 e. The quantitative estimate of drug-likeness (QED) is 0.669.